The number of rotatable bonds is 2. The van der Waals surface area contributed by atoms with Gasteiger partial charge in [-0.2, -0.15) is 0 Å². The van der Waals surface area contributed by atoms with Crippen molar-refractivity contribution in [3.63, 3.8) is 0 Å². The minimum absolute atomic E-state index is 0.135. The summed E-state index contributed by atoms with van der Waals surface area (Å²) in [5.41, 5.74) is 1.39. The molecule has 0 spiro atoms. The topological polar surface area (TPSA) is 0 Å². The minimum atomic E-state index is -0.135. The van der Waals surface area contributed by atoms with Crippen LogP contribution in [0.1, 0.15) is 5.56 Å². The van der Waals surface area contributed by atoms with Crippen LogP contribution in [0.2, 0.25) is 6.55 Å². The third-order valence-electron chi connectivity index (χ3n) is 1.76. The quantitative estimate of drug-likeness (QED) is 0.533. The molecule has 0 saturated carbocycles. The second-order valence-electron chi connectivity index (χ2n) is 3.58. The predicted octanol–water partition coefficient (Wildman–Crippen LogP) is -0.995. The summed E-state index contributed by atoms with van der Waals surface area (Å²) in [6, 6.07) is 9.17. The molecule has 0 radical (unpaired) electrons. The summed E-state index contributed by atoms with van der Waals surface area (Å²) in [7, 11) is 1.58. The molecule has 0 saturated heterocycles. The maximum absolute atomic E-state index is 2.51. The standard InChI is InChI=1S/C8H16Si3/c1-7-3-5-8(6-4-7)10-11(2)9/h3-6,11H,10H2,1-2,9H3. The van der Waals surface area contributed by atoms with Crippen molar-refractivity contribution in [1.29, 1.82) is 0 Å². The SMILES string of the molecule is Cc1ccc([SiH2][SiH](C)[SiH3])cc1. The summed E-state index contributed by atoms with van der Waals surface area (Å²) in [5, 5.41) is 1.68. The number of hydrogen-bond donors (Lipinski definition) is 0. The molecule has 1 atom stereocenters. The van der Waals surface area contributed by atoms with Gasteiger partial charge >= 0.3 is 0 Å². The minimum Gasteiger partial charge on any atom is -0.0765 e. The lowest BCUT2D eigenvalue weighted by Gasteiger charge is -2.02. The van der Waals surface area contributed by atoms with E-state index in [1.54, 1.807) is 5.19 Å². The first-order valence-electron chi connectivity index (χ1n) is 4.24. The Kier molecular flexibility index (Phi) is 3.29. The van der Waals surface area contributed by atoms with Gasteiger partial charge in [0, 0.05) is 16.9 Å². The van der Waals surface area contributed by atoms with E-state index >= 15 is 0 Å². The van der Waals surface area contributed by atoms with Crippen LogP contribution in [0.4, 0.5) is 0 Å². The van der Waals surface area contributed by atoms with Gasteiger partial charge in [-0.1, -0.05) is 41.6 Å². The molecule has 3 heteroatoms. The third-order valence-corrected chi connectivity index (χ3v) is 11.1. The summed E-state index contributed by atoms with van der Waals surface area (Å²) < 4.78 is 0. The molecule has 0 bridgehead atoms. The van der Waals surface area contributed by atoms with Crippen molar-refractivity contribution in [2.45, 2.75) is 13.5 Å². The zero-order valence-corrected chi connectivity index (χ0v) is 12.2. The average molecular weight is 196 g/mol. The van der Waals surface area contributed by atoms with Gasteiger partial charge in [0.25, 0.3) is 0 Å². The average Bonchev–Trinajstić information content (AvgIpc) is 1.93. The van der Waals surface area contributed by atoms with Crippen molar-refractivity contribution in [3.8, 4) is 0 Å². The molecule has 0 aliphatic rings. The Hall–Kier alpha value is -0.129. The van der Waals surface area contributed by atoms with Crippen LogP contribution in [0.3, 0.4) is 0 Å². The molecular weight excluding hydrogens is 180 g/mol. The van der Waals surface area contributed by atoms with E-state index in [4.69, 9.17) is 0 Å². The van der Waals surface area contributed by atoms with E-state index in [9.17, 15) is 0 Å². The molecule has 0 nitrogen and oxygen atoms in total. The monoisotopic (exact) mass is 196 g/mol. The summed E-state index contributed by atoms with van der Waals surface area (Å²) in [6.07, 6.45) is 0. The fourth-order valence-electron chi connectivity index (χ4n) is 1.20. The van der Waals surface area contributed by atoms with E-state index < -0.39 is 0 Å². The van der Waals surface area contributed by atoms with E-state index in [2.05, 4.69) is 37.7 Å². The van der Waals surface area contributed by atoms with E-state index in [0.29, 0.717) is 0 Å². The second kappa shape index (κ2) is 4.04. The van der Waals surface area contributed by atoms with Crippen LogP contribution in [0.15, 0.2) is 24.3 Å². The van der Waals surface area contributed by atoms with Gasteiger partial charge < -0.3 is 0 Å². The van der Waals surface area contributed by atoms with Gasteiger partial charge in [0.1, 0.15) is 0 Å². The number of benzene rings is 1. The fraction of sp³-hybridized carbons (Fsp3) is 0.250. The highest BCUT2D eigenvalue weighted by atomic mass is 29.5. The van der Waals surface area contributed by atoms with Gasteiger partial charge in [0.05, 0.1) is 0 Å². The first-order chi connectivity index (χ1) is 5.18. The van der Waals surface area contributed by atoms with E-state index in [0.717, 1.165) is 0 Å². The Morgan fingerprint density at radius 2 is 1.82 bits per heavy atom. The molecule has 0 amide bonds. The predicted molar refractivity (Wildman–Crippen MR) is 62.3 cm³/mol. The number of hydrogen-bond acceptors (Lipinski definition) is 0. The third kappa shape index (κ3) is 3.18. The highest BCUT2D eigenvalue weighted by molar-refractivity contribution is 7.37. The van der Waals surface area contributed by atoms with Crippen molar-refractivity contribution < 1.29 is 0 Å². The Morgan fingerprint density at radius 1 is 1.27 bits per heavy atom. The smallest absolute Gasteiger partial charge is 0.0424 e. The molecule has 60 valence electrons. The maximum Gasteiger partial charge on any atom is 0.0424 e. The Morgan fingerprint density at radius 3 is 2.27 bits per heavy atom. The van der Waals surface area contributed by atoms with Gasteiger partial charge in [-0.3, -0.25) is 0 Å². The molecule has 1 unspecified atom stereocenters. The van der Waals surface area contributed by atoms with E-state index in [-0.39, 0.29) is 16.9 Å². The zero-order valence-electron chi connectivity index (χ0n) is 7.59. The van der Waals surface area contributed by atoms with Crippen LogP contribution in [-0.4, -0.2) is 26.6 Å². The molecule has 1 aromatic rings. The highest BCUT2D eigenvalue weighted by Crippen LogP contribution is 1.92. The van der Waals surface area contributed by atoms with Crippen LogP contribution in [0.5, 0.6) is 0 Å². The van der Waals surface area contributed by atoms with Crippen LogP contribution in [0.25, 0.3) is 0 Å². The van der Waals surface area contributed by atoms with Gasteiger partial charge in [-0.05, 0) is 16.7 Å². The second-order valence-corrected chi connectivity index (χ2v) is 24.5. The van der Waals surface area contributed by atoms with Gasteiger partial charge in [0.15, 0.2) is 0 Å². The van der Waals surface area contributed by atoms with Crippen molar-refractivity contribution in [2.75, 3.05) is 0 Å². The van der Waals surface area contributed by atoms with Gasteiger partial charge in [-0.15, -0.1) is 0 Å². The Labute approximate surface area is 75.5 Å². The normalized spacial score (nSPS) is 14.4. The van der Waals surface area contributed by atoms with Gasteiger partial charge in [-0.25, -0.2) is 0 Å². The summed E-state index contributed by atoms with van der Waals surface area (Å²) in [5.74, 6) is 0. The lowest BCUT2D eigenvalue weighted by molar-refractivity contribution is 1.49. The molecule has 1 rings (SSSR count). The van der Waals surface area contributed by atoms with Crippen molar-refractivity contribution >= 4 is 31.8 Å². The largest absolute Gasteiger partial charge is 0.0765 e. The molecule has 0 heterocycles. The number of aryl methyl sites for hydroxylation is 1. The summed E-state index contributed by atoms with van der Waals surface area (Å²) in [4.78, 5) is 0. The van der Waals surface area contributed by atoms with Crippen molar-refractivity contribution in [1.82, 2.24) is 0 Å². The van der Waals surface area contributed by atoms with Crippen molar-refractivity contribution in [2.24, 2.45) is 0 Å². The van der Waals surface area contributed by atoms with Crippen molar-refractivity contribution in [3.05, 3.63) is 29.8 Å². The zero-order chi connectivity index (χ0) is 8.27. The maximum atomic E-state index is 2.51. The van der Waals surface area contributed by atoms with Crippen LogP contribution in [0, 0.1) is 6.92 Å². The molecule has 1 aromatic carbocycles. The lowest BCUT2D eigenvalue weighted by atomic mass is 10.2. The molecule has 11 heavy (non-hydrogen) atoms. The summed E-state index contributed by atoms with van der Waals surface area (Å²) >= 11 is 0. The van der Waals surface area contributed by atoms with Crippen LogP contribution in [-0.2, 0) is 0 Å². The Balaban J connectivity index is 2.66. The molecule has 0 fully saturated rings. The van der Waals surface area contributed by atoms with Crippen LogP contribution >= 0.6 is 0 Å². The van der Waals surface area contributed by atoms with Crippen LogP contribution < -0.4 is 5.19 Å². The molecule has 0 aliphatic heterocycles. The lowest BCUT2D eigenvalue weighted by Crippen LogP contribution is -2.29. The molecule has 0 N–H and O–H groups in total. The fourth-order valence-corrected chi connectivity index (χ4v) is 10.5. The molecular formula is C8H16Si3. The molecule has 0 aromatic heterocycles. The molecule has 0 aliphatic carbocycles. The Bertz CT molecular complexity index is 215. The van der Waals surface area contributed by atoms with Gasteiger partial charge in [0.2, 0.25) is 0 Å². The first kappa shape index (κ1) is 8.96. The summed E-state index contributed by atoms with van der Waals surface area (Å²) in [6.45, 7) is 4.67. The first-order valence-corrected chi connectivity index (χ1v) is 14.0. The van der Waals surface area contributed by atoms with E-state index in [1.807, 2.05) is 0 Å². The van der Waals surface area contributed by atoms with E-state index in [1.165, 1.54) is 15.3 Å². The highest BCUT2D eigenvalue weighted by Gasteiger charge is 1.98.